The maximum atomic E-state index is 13.0. The van der Waals surface area contributed by atoms with Crippen LogP contribution in [0.25, 0.3) is 22.3 Å². The van der Waals surface area contributed by atoms with Gasteiger partial charge in [-0.3, -0.25) is 0 Å². The molecule has 2 heterocycles. The van der Waals surface area contributed by atoms with Crippen molar-refractivity contribution >= 4 is 22.7 Å². The summed E-state index contributed by atoms with van der Waals surface area (Å²) in [5, 5.41) is 26.0. The number of rotatable bonds is 10. The minimum Gasteiger partial charge on any atom is -0.872 e. The third kappa shape index (κ3) is 11.4. The van der Waals surface area contributed by atoms with E-state index < -0.39 is 0 Å². The Labute approximate surface area is 504 Å². The SMILES string of the molecule is Cc1cc(C)c(N2[C]N(c3ccccc3-c3ccccc3[O-])[C@@H](c3ccccc3)[C@@H]2c2ccccc2)c(C)c1.Cc1cc(C)c(N2[C]N(c3ccccc3-c3ccccc3[O-])[C@@H](c3ccccc3)[C@@H]2c2ccccc2)c(C)c1.[Ag+].[Ag+]. The zero-order valence-electron chi connectivity index (χ0n) is 45.6. The Morgan fingerprint density at radius 2 is 0.525 bits per heavy atom. The molecule has 2 fully saturated rings. The minimum atomic E-state index is -0.0753. The summed E-state index contributed by atoms with van der Waals surface area (Å²) in [7, 11) is 0. The quantitative estimate of drug-likeness (QED) is 0.127. The van der Waals surface area contributed by atoms with Crippen LogP contribution in [0.15, 0.2) is 243 Å². The third-order valence-corrected chi connectivity index (χ3v) is 15.1. The summed E-state index contributed by atoms with van der Waals surface area (Å²) in [6.07, 6.45) is 0. The van der Waals surface area contributed by atoms with E-state index in [1.807, 2.05) is 60.7 Å². The zero-order chi connectivity index (χ0) is 53.9. The van der Waals surface area contributed by atoms with E-state index in [-0.39, 0.29) is 80.4 Å². The van der Waals surface area contributed by atoms with E-state index in [0.717, 1.165) is 22.5 Å². The van der Waals surface area contributed by atoms with Crippen LogP contribution in [-0.4, -0.2) is 0 Å². The summed E-state index contributed by atoms with van der Waals surface area (Å²) in [5.41, 5.74) is 19.6. The third-order valence-electron chi connectivity index (χ3n) is 15.1. The fraction of sp³-hybridized carbons (Fsp3) is 0.139. The molecule has 2 aliphatic rings. The molecular formula is C72H62Ag2N4O2. The van der Waals surface area contributed by atoms with Crippen LogP contribution >= 0.6 is 0 Å². The van der Waals surface area contributed by atoms with Crippen LogP contribution in [0.5, 0.6) is 11.5 Å². The van der Waals surface area contributed by atoms with Crippen molar-refractivity contribution in [3.63, 3.8) is 0 Å². The molecule has 404 valence electrons. The molecule has 0 unspecified atom stereocenters. The molecule has 10 aromatic carbocycles. The molecule has 0 N–H and O–H groups in total. The molecule has 0 spiro atoms. The number of aryl methyl sites for hydroxylation is 6. The summed E-state index contributed by atoms with van der Waals surface area (Å²) in [4.78, 5) is 9.12. The molecule has 2 aliphatic heterocycles. The molecule has 8 heteroatoms. The predicted molar refractivity (Wildman–Crippen MR) is 317 cm³/mol. The van der Waals surface area contributed by atoms with E-state index >= 15 is 0 Å². The van der Waals surface area contributed by atoms with Gasteiger partial charge in [-0.15, -0.1) is 11.5 Å². The first-order chi connectivity index (χ1) is 38.0. The standard InChI is InChI=1S/2C36H32N2O.2Ag/c2*1-25-22-26(2)34(27(3)23-25)38-24-37(32-20-12-10-18-30(32)31-19-11-13-21-33(31)39)35(28-14-6-4-7-15-28)36(38)29-16-8-5-9-17-29;;/h2*4-23,35-36,39H,1-3H3;;/q;;2*+1/p-2/t2*35-,36-;;/m00../s1. The molecular weight excluding hydrogens is 1170 g/mol. The van der Waals surface area contributed by atoms with Gasteiger partial charge in [0, 0.05) is 33.9 Å². The molecule has 0 aliphatic carbocycles. The Morgan fingerprint density at radius 1 is 0.287 bits per heavy atom. The average molecular weight is 1230 g/mol. The molecule has 4 atom stereocenters. The van der Waals surface area contributed by atoms with Crippen LogP contribution in [0.1, 0.15) is 79.8 Å². The van der Waals surface area contributed by atoms with Crippen molar-refractivity contribution in [2.45, 2.75) is 65.7 Å². The van der Waals surface area contributed by atoms with Gasteiger partial charge in [0.25, 0.3) is 0 Å². The molecule has 0 amide bonds. The van der Waals surface area contributed by atoms with Gasteiger partial charge in [-0.1, -0.05) is 242 Å². The van der Waals surface area contributed by atoms with Gasteiger partial charge in [-0.2, -0.15) is 0 Å². The minimum absolute atomic E-state index is 0. The number of nitrogens with zero attached hydrogens (tertiary/aromatic N) is 4. The molecule has 12 rings (SSSR count). The van der Waals surface area contributed by atoms with E-state index in [9.17, 15) is 10.2 Å². The Balaban J connectivity index is 0.000000189. The van der Waals surface area contributed by atoms with Crippen LogP contribution < -0.4 is 29.8 Å². The first-order valence-electron chi connectivity index (χ1n) is 26.8. The van der Waals surface area contributed by atoms with Gasteiger partial charge >= 0.3 is 44.8 Å². The van der Waals surface area contributed by atoms with E-state index in [2.05, 4.69) is 232 Å². The molecule has 2 saturated heterocycles. The van der Waals surface area contributed by atoms with Gasteiger partial charge in [0.05, 0.1) is 24.2 Å². The van der Waals surface area contributed by atoms with Crippen LogP contribution in [0.4, 0.5) is 22.7 Å². The van der Waals surface area contributed by atoms with E-state index in [1.54, 1.807) is 24.3 Å². The van der Waals surface area contributed by atoms with E-state index in [0.29, 0.717) is 11.1 Å². The Morgan fingerprint density at radius 3 is 0.812 bits per heavy atom. The van der Waals surface area contributed by atoms with Crippen molar-refractivity contribution in [3.8, 4) is 33.8 Å². The zero-order valence-corrected chi connectivity index (χ0v) is 48.6. The molecule has 0 bridgehead atoms. The average Bonchev–Trinajstić information content (AvgIpc) is 4.18. The maximum absolute atomic E-state index is 13.0. The van der Waals surface area contributed by atoms with Crippen LogP contribution in [0.3, 0.4) is 0 Å². The molecule has 6 nitrogen and oxygen atoms in total. The smallest absolute Gasteiger partial charge is 0.872 e. The predicted octanol–water partition coefficient (Wildman–Crippen LogP) is 16.3. The van der Waals surface area contributed by atoms with Gasteiger partial charge in [0.2, 0.25) is 13.3 Å². The molecule has 80 heavy (non-hydrogen) atoms. The largest absolute Gasteiger partial charge is 1.00 e. The van der Waals surface area contributed by atoms with Crippen molar-refractivity contribution in [1.82, 2.24) is 0 Å². The molecule has 0 aromatic heterocycles. The van der Waals surface area contributed by atoms with Gasteiger partial charge in [0.1, 0.15) is 0 Å². The van der Waals surface area contributed by atoms with Gasteiger partial charge in [-0.05, 0) is 109 Å². The second-order valence-electron chi connectivity index (χ2n) is 20.6. The normalized spacial score (nSPS) is 16.6. The van der Waals surface area contributed by atoms with Gasteiger partial charge in [-0.25, -0.2) is 0 Å². The first kappa shape index (κ1) is 57.2. The Bertz CT molecular complexity index is 3400. The first-order valence-corrected chi connectivity index (χ1v) is 26.8. The van der Waals surface area contributed by atoms with Crippen LogP contribution in [0, 0.1) is 54.9 Å². The van der Waals surface area contributed by atoms with Crippen molar-refractivity contribution in [2.75, 3.05) is 19.6 Å². The second kappa shape index (κ2) is 25.3. The van der Waals surface area contributed by atoms with E-state index in [1.165, 1.54) is 67.0 Å². The monoisotopic (exact) mass is 1230 g/mol. The van der Waals surface area contributed by atoms with Crippen molar-refractivity contribution in [2.24, 2.45) is 0 Å². The second-order valence-corrected chi connectivity index (χ2v) is 20.6. The van der Waals surface area contributed by atoms with E-state index in [4.69, 9.17) is 0 Å². The number of hydrogen-bond acceptors (Lipinski definition) is 6. The molecule has 0 saturated carbocycles. The Kier molecular flexibility index (Phi) is 18.1. The number of anilines is 4. The fourth-order valence-electron chi connectivity index (χ4n) is 12.1. The fourth-order valence-corrected chi connectivity index (χ4v) is 12.1. The van der Waals surface area contributed by atoms with Crippen molar-refractivity contribution in [1.29, 1.82) is 0 Å². The summed E-state index contributed by atoms with van der Waals surface area (Å²) in [6.45, 7) is 20.6. The van der Waals surface area contributed by atoms with Crippen LogP contribution in [-0.2, 0) is 44.8 Å². The summed E-state index contributed by atoms with van der Waals surface area (Å²) in [6, 6.07) is 82.3. The number of para-hydroxylation sites is 4. The molecule has 10 aromatic rings. The van der Waals surface area contributed by atoms with Gasteiger partial charge in [0.15, 0.2) is 0 Å². The topological polar surface area (TPSA) is 59.1 Å². The van der Waals surface area contributed by atoms with Crippen LogP contribution in [0.2, 0.25) is 0 Å². The summed E-state index contributed by atoms with van der Waals surface area (Å²) >= 11 is 0. The summed E-state index contributed by atoms with van der Waals surface area (Å²) < 4.78 is 0. The molecule has 4 radical (unpaired) electrons. The number of hydrogen-bond donors (Lipinski definition) is 0. The Hall–Kier alpha value is -7.52. The van der Waals surface area contributed by atoms with Crippen molar-refractivity contribution < 1.29 is 55.0 Å². The number of benzene rings is 10. The summed E-state index contributed by atoms with van der Waals surface area (Å²) in [5.74, 6) is 0.0317. The maximum Gasteiger partial charge on any atom is 1.00 e. The van der Waals surface area contributed by atoms with Gasteiger partial charge < -0.3 is 29.8 Å². The van der Waals surface area contributed by atoms with Crippen molar-refractivity contribution in [3.05, 3.63) is 312 Å².